The number of likely N-dealkylation sites (tertiary alicyclic amines) is 1. The van der Waals surface area contributed by atoms with Crippen LogP contribution in [0.15, 0.2) is 65.9 Å². The van der Waals surface area contributed by atoms with E-state index < -0.39 is 28.4 Å². The molecule has 0 aliphatic carbocycles. The summed E-state index contributed by atoms with van der Waals surface area (Å²) in [6.45, 7) is 4.09. The molecule has 0 spiro atoms. The number of non-ortho nitro benzene ring substituents is 1. The van der Waals surface area contributed by atoms with Gasteiger partial charge in [0, 0.05) is 24.4 Å². The van der Waals surface area contributed by atoms with Crippen LogP contribution in [0.1, 0.15) is 43.4 Å². The second-order valence-corrected chi connectivity index (χ2v) is 10.8. The van der Waals surface area contributed by atoms with Crippen LogP contribution in [0.3, 0.4) is 0 Å². The van der Waals surface area contributed by atoms with Crippen molar-refractivity contribution in [3.05, 3.63) is 87.1 Å². The molecule has 0 bridgehead atoms. The van der Waals surface area contributed by atoms with E-state index in [1.54, 1.807) is 6.92 Å². The number of thiocarbonyl (C=S) groups is 1. The highest BCUT2D eigenvalue weighted by atomic mass is 32.1. The van der Waals surface area contributed by atoms with Crippen LogP contribution in [0.25, 0.3) is 0 Å². The van der Waals surface area contributed by atoms with Crippen molar-refractivity contribution in [2.75, 3.05) is 40.4 Å². The number of methoxy groups -OCH3 is 2. The number of nitrogens with zero attached hydrogens (tertiary/aromatic N) is 3. The van der Waals surface area contributed by atoms with Gasteiger partial charge in [0.1, 0.15) is 6.04 Å². The Kier molecular flexibility index (Phi) is 10.1. The van der Waals surface area contributed by atoms with Gasteiger partial charge in [-0.2, -0.15) is 0 Å². The van der Waals surface area contributed by atoms with Gasteiger partial charge in [0.05, 0.1) is 30.1 Å². The lowest BCUT2D eigenvalue weighted by atomic mass is 9.72. The zero-order valence-electron chi connectivity index (χ0n) is 24.3. The van der Waals surface area contributed by atoms with Crippen molar-refractivity contribution in [3.8, 4) is 0 Å². The molecule has 1 atom stereocenters. The number of carbonyl (C=O) groups excluding carboxylic acids is 3. The summed E-state index contributed by atoms with van der Waals surface area (Å²) >= 11 is 5.49. The second kappa shape index (κ2) is 13.7. The van der Waals surface area contributed by atoms with Crippen LogP contribution in [0, 0.1) is 10.1 Å². The predicted octanol–water partition coefficient (Wildman–Crippen LogP) is 3.58. The summed E-state index contributed by atoms with van der Waals surface area (Å²) in [7, 11) is 2.66. The van der Waals surface area contributed by atoms with Crippen molar-refractivity contribution in [2.24, 2.45) is 0 Å². The van der Waals surface area contributed by atoms with Gasteiger partial charge < -0.3 is 25.0 Å². The minimum atomic E-state index is -0.950. The largest absolute Gasteiger partial charge is 0.468 e. The smallest absolute Gasteiger partial charge is 0.337 e. The van der Waals surface area contributed by atoms with Gasteiger partial charge in [-0.3, -0.25) is 19.8 Å². The van der Waals surface area contributed by atoms with E-state index >= 15 is 0 Å². The molecule has 2 aromatic rings. The monoisotopic (exact) mass is 609 g/mol. The Labute approximate surface area is 255 Å². The van der Waals surface area contributed by atoms with Crippen molar-refractivity contribution < 1.29 is 28.8 Å². The molecule has 43 heavy (non-hydrogen) atoms. The second-order valence-electron chi connectivity index (χ2n) is 10.4. The van der Waals surface area contributed by atoms with Gasteiger partial charge in [0.2, 0.25) is 0 Å². The van der Waals surface area contributed by atoms with Gasteiger partial charge in [0.15, 0.2) is 5.11 Å². The van der Waals surface area contributed by atoms with Crippen LogP contribution in [0.2, 0.25) is 0 Å². The number of hydrogen-bond donors (Lipinski definition) is 2. The average molecular weight is 610 g/mol. The first-order chi connectivity index (χ1) is 20.6. The number of allylic oxidation sites excluding steroid dienone is 1. The SMILES string of the molecule is COC(=O)C1=C(C)NC(=S)N(C(=O)NCCCN2CCC(C(=O)OC)(c3ccccc3)CC2)C1c1ccc([N+](=O)[O-])cc1. The highest BCUT2D eigenvalue weighted by Gasteiger charge is 2.44. The molecule has 2 heterocycles. The fraction of sp³-hybridized carbons (Fsp3) is 0.400. The fourth-order valence-electron chi connectivity index (χ4n) is 5.72. The molecule has 4 rings (SSSR count). The van der Waals surface area contributed by atoms with E-state index in [4.69, 9.17) is 21.7 Å². The van der Waals surface area contributed by atoms with Crippen molar-refractivity contribution in [1.82, 2.24) is 20.4 Å². The lowest BCUT2D eigenvalue weighted by Crippen LogP contribution is -2.54. The van der Waals surface area contributed by atoms with Gasteiger partial charge in [-0.05, 0) is 81.3 Å². The molecule has 0 aromatic heterocycles. The van der Waals surface area contributed by atoms with Gasteiger partial charge >= 0.3 is 18.0 Å². The summed E-state index contributed by atoms with van der Waals surface area (Å²) < 4.78 is 10.2. The number of esters is 2. The third-order valence-electron chi connectivity index (χ3n) is 8.03. The number of benzene rings is 2. The molecule has 228 valence electrons. The standard InChI is InChI=1S/C30H35N5O7S/c1-20-24(26(36)41-2)25(21-10-12-23(13-11-21)35(39)40)34(29(43)32-20)28(38)31-16-7-17-33-18-14-30(15-19-33,27(37)42-3)22-8-5-4-6-9-22/h4-6,8-13,25H,7,14-19H2,1-3H3,(H,31,38)(H,32,43). The summed E-state index contributed by atoms with van der Waals surface area (Å²) in [4.78, 5) is 53.2. The Balaban J connectivity index is 1.41. The third kappa shape index (κ3) is 6.67. The van der Waals surface area contributed by atoms with Crippen molar-refractivity contribution in [2.45, 2.75) is 37.6 Å². The molecule has 2 amide bonds. The van der Waals surface area contributed by atoms with Crippen molar-refractivity contribution in [3.63, 3.8) is 0 Å². The molecular formula is C30H35N5O7S. The number of nitro groups is 1. The summed E-state index contributed by atoms with van der Waals surface area (Å²) in [5.74, 6) is -0.882. The van der Waals surface area contributed by atoms with Crippen molar-refractivity contribution >= 4 is 41.0 Å². The molecule has 2 N–H and O–H groups in total. The third-order valence-corrected chi connectivity index (χ3v) is 8.33. The lowest BCUT2D eigenvalue weighted by Gasteiger charge is -2.40. The molecule has 1 fully saturated rings. The molecule has 0 radical (unpaired) electrons. The Morgan fingerprint density at radius 1 is 1.07 bits per heavy atom. The molecule has 2 aliphatic rings. The number of rotatable bonds is 9. The number of nitrogens with one attached hydrogen (secondary N) is 2. The normalized spacial score (nSPS) is 18.4. The van der Waals surface area contributed by atoms with Gasteiger partial charge in [-0.1, -0.05) is 30.3 Å². The maximum atomic E-state index is 13.5. The predicted molar refractivity (Wildman–Crippen MR) is 162 cm³/mol. The summed E-state index contributed by atoms with van der Waals surface area (Å²) in [5, 5.41) is 17.1. The van der Waals surface area contributed by atoms with Crippen LogP contribution >= 0.6 is 12.2 Å². The maximum Gasteiger partial charge on any atom is 0.337 e. The molecule has 0 saturated carbocycles. The molecule has 13 heteroatoms. The van der Waals surface area contributed by atoms with Crippen LogP contribution < -0.4 is 10.6 Å². The Bertz CT molecular complexity index is 1410. The zero-order chi connectivity index (χ0) is 31.1. The minimum absolute atomic E-state index is 0.0853. The summed E-state index contributed by atoms with van der Waals surface area (Å²) in [6, 6.07) is 13.8. The van der Waals surface area contributed by atoms with E-state index in [1.165, 1.54) is 43.4 Å². The highest BCUT2D eigenvalue weighted by Crippen LogP contribution is 2.37. The van der Waals surface area contributed by atoms with E-state index in [-0.39, 0.29) is 22.3 Å². The maximum absolute atomic E-state index is 13.5. The minimum Gasteiger partial charge on any atom is -0.468 e. The van der Waals surface area contributed by atoms with Gasteiger partial charge in [-0.15, -0.1) is 0 Å². The Morgan fingerprint density at radius 3 is 2.30 bits per heavy atom. The number of nitro benzene ring substituents is 1. The van der Waals surface area contributed by atoms with Crippen LogP contribution in [0.5, 0.6) is 0 Å². The fourth-order valence-corrected chi connectivity index (χ4v) is 6.06. The average Bonchev–Trinajstić information content (AvgIpc) is 3.02. The van der Waals surface area contributed by atoms with Gasteiger partial charge in [-0.25, -0.2) is 9.59 Å². The quantitative estimate of drug-likeness (QED) is 0.142. The summed E-state index contributed by atoms with van der Waals surface area (Å²) in [6.07, 6.45) is 1.89. The molecule has 2 aliphatic heterocycles. The zero-order valence-corrected chi connectivity index (χ0v) is 25.1. The molecule has 1 saturated heterocycles. The van der Waals surface area contributed by atoms with Crippen LogP contribution in [-0.2, 0) is 24.5 Å². The Morgan fingerprint density at radius 2 is 1.72 bits per heavy atom. The van der Waals surface area contributed by atoms with Crippen LogP contribution in [0.4, 0.5) is 10.5 Å². The molecular weight excluding hydrogens is 574 g/mol. The summed E-state index contributed by atoms with van der Waals surface area (Å²) in [5.41, 5.74) is 1.21. The molecule has 1 unspecified atom stereocenters. The molecule has 2 aromatic carbocycles. The van der Waals surface area contributed by atoms with Crippen LogP contribution in [-0.4, -0.2) is 78.2 Å². The lowest BCUT2D eigenvalue weighted by molar-refractivity contribution is -0.384. The highest BCUT2D eigenvalue weighted by molar-refractivity contribution is 7.80. The van der Waals surface area contributed by atoms with E-state index in [1.807, 2.05) is 30.3 Å². The number of urea groups is 1. The Hall–Kier alpha value is -4.36. The molecule has 12 nitrogen and oxygen atoms in total. The first-order valence-electron chi connectivity index (χ1n) is 13.9. The van der Waals surface area contributed by atoms with Crippen molar-refractivity contribution in [1.29, 1.82) is 0 Å². The topological polar surface area (TPSA) is 143 Å². The first kappa shape index (κ1) is 31.6. The number of carbonyl (C=O) groups is 3. The number of piperidine rings is 1. The number of hydrogen-bond acceptors (Lipinski definition) is 9. The first-order valence-corrected chi connectivity index (χ1v) is 14.3. The number of ether oxygens (including phenoxy) is 2. The van der Waals surface area contributed by atoms with E-state index in [9.17, 15) is 24.5 Å². The van der Waals surface area contributed by atoms with E-state index in [0.29, 0.717) is 56.7 Å². The van der Waals surface area contributed by atoms with Gasteiger partial charge in [0.25, 0.3) is 5.69 Å². The van der Waals surface area contributed by atoms with E-state index in [2.05, 4.69) is 15.5 Å². The van der Waals surface area contributed by atoms with E-state index in [0.717, 1.165) is 5.56 Å². The number of amides is 2.